The van der Waals surface area contributed by atoms with Crippen molar-refractivity contribution in [1.82, 2.24) is 0 Å². The van der Waals surface area contributed by atoms with Crippen LogP contribution in [-0.4, -0.2) is 35.3 Å². The molecule has 0 saturated carbocycles. The number of nitrogens with zero attached hydrogens (tertiary/aromatic N) is 1. The van der Waals surface area contributed by atoms with E-state index >= 15 is 0 Å². The molecule has 35 heavy (non-hydrogen) atoms. The van der Waals surface area contributed by atoms with Crippen molar-refractivity contribution in [3.8, 4) is 5.75 Å². The van der Waals surface area contributed by atoms with Gasteiger partial charge in [-0.2, -0.15) is 0 Å². The van der Waals surface area contributed by atoms with Crippen LogP contribution in [0.5, 0.6) is 5.75 Å². The van der Waals surface area contributed by atoms with Crippen LogP contribution in [-0.2, 0) is 9.53 Å². The van der Waals surface area contributed by atoms with Gasteiger partial charge in [0.25, 0.3) is 5.69 Å². The first kappa shape index (κ1) is 30.9. The van der Waals surface area contributed by atoms with E-state index in [0.717, 1.165) is 19.3 Å². The van der Waals surface area contributed by atoms with E-state index in [1.54, 1.807) is 0 Å². The van der Waals surface area contributed by atoms with Gasteiger partial charge in [0.05, 0.1) is 17.6 Å². The zero-order valence-electron chi connectivity index (χ0n) is 21.8. The second-order valence-electron chi connectivity index (χ2n) is 9.42. The van der Waals surface area contributed by atoms with Crippen molar-refractivity contribution >= 4 is 11.7 Å². The largest absolute Gasteiger partial charge is 0.493 e. The zero-order chi connectivity index (χ0) is 25.6. The first-order valence-electron chi connectivity index (χ1n) is 13.7. The van der Waals surface area contributed by atoms with Gasteiger partial charge in [-0.05, 0) is 18.6 Å². The smallest absolute Gasteiger partial charge is 0.305 e. The van der Waals surface area contributed by atoms with Crippen LogP contribution in [0.1, 0.15) is 116 Å². The summed E-state index contributed by atoms with van der Waals surface area (Å²) in [7, 11) is 0. The molecule has 1 aromatic rings. The Labute approximate surface area is 211 Å². The van der Waals surface area contributed by atoms with Crippen LogP contribution in [0.15, 0.2) is 24.3 Å². The molecule has 7 nitrogen and oxygen atoms in total. The van der Waals surface area contributed by atoms with Crippen molar-refractivity contribution in [1.29, 1.82) is 0 Å². The molecule has 0 aliphatic rings. The van der Waals surface area contributed by atoms with Crippen LogP contribution in [0.4, 0.5) is 5.69 Å². The van der Waals surface area contributed by atoms with Crippen molar-refractivity contribution in [3.05, 3.63) is 34.4 Å². The lowest BCUT2D eigenvalue weighted by atomic mass is 10.0. The fraction of sp³-hybridized carbons (Fsp3) is 0.750. The minimum Gasteiger partial charge on any atom is -0.493 e. The Bertz CT molecular complexity index is 664. The summed E-state index contributed by atoms with van der Waals surface area (Å²) < 4.78 is 10.6. The van der Waals surface area contributed by atoms with E-state index in [1.807, 2.05) is 0 Å². The number of hydrogen-bond donors (Lipinski definition) is 1. The molecular weight excluding hydrogens is 446 g/mol. The molecule has 0 aromatic heterocycles. The van der Waals surface area contributed by atoms with Gasteiger partial charge in [0, 0.05) is 25.0 Å². The van der Waals surface area contributed by atoms with Gasteiger partial charge in [-0.15, -0.1) is 0 Å². The lowest BCUT2D eigenvalue weighted by molar-refractivity contribution is -0.384. The van der Waals surface area contributed by atoms with E-state index < -0.39 is 11.0 Å². The van der Waals surface area contributed by atoms with Gasteiger partial charge in [-0.3, -0.25) is 14.9 Å². The molecule has 0 aliphatic heterocycles. The molecule has 1 atom stereocenters. The number of aliphatic hydroxyl groups excluding tert-OH is 1. The minimum absolute atomic E-state index is 0.00150. The maximum atomic E-state index is 11.8. The summed E-state index contributed by atoms with van der Waals surface area (Å²) in [6, 6.07) is 5.76. The average molecular weight is 494 g/mol. The van der Waals surface area contributed by atoms with E-state index in [1.165, 1.54) is 101 Å². The van der Waals surface area contributed by atoms with Crippen LogP contribution < -0.4 is 4.74 Å². The summed E-state index contributed by atoms with van der Waals surface area (Å²) in [5, 5.41) is 20.6. The second-order valence-corrected chi connectivity index (χ2v) is 9.42. The predicted octanol–water partition coefficient (Wildman–Crippen LogP) is 7.53. The number of hydrogen-bond acceptors (Lipinski definition) is 6. The normalized spacial score (nSPS) is 11.8. The molecule has 1 N–H and O–H groups in total. The summed E-state index contributed by atoms with van der Waals surface area (Å²) in [6.07, 6.45) is 19.2. The Morgan fingerprint density at radius 3 is 1.83 bits per heavy atom. The van der Waals surface area contributed by atoms with Crippen LogP contribution in [0.3, 0.4) is 0 Å². The van der Waals surface area contributed by atoms with Gasteiger partial charge >= 0.3 is 5.97 Å². The monoisotopic (exact) mass is 493 g/mol. The third-order valence-corrected chi connectivity index (χ3v) is 6.19. The van der Waals surface area contributed by atoms with Crippen LogP contribution >= 0.6 is 0 Å². The maximum Gasteiger partial charge on any atom is 0.305 e. The summed E-state index contributed by atoms with van der Waals surface area (Å²) in [4.78, 5) is 22.0. The molecule has 7 heteroatoms. The van der Waals surface area contributed by atoms with Crippen LogP contribution in [0.2, 0.25) is 0 Å². The zero-order valence-corrected chi connectivity index (χ0v) is 21.8. The molecule has 1 rings (SSSR count). The van der Waals surface area contributed by atoms with Crippen LogP contribution in [0, 0.1) is 10.1 Å². The molecule has 0 aliphatic carbocycles. The van der Waals surface area contributed by atoms with E-state index in [2.05, 4.69) is 6.92 Å². The number of nitro groups is 1. The van der Waals surface area contributed by atoms with E-state index in [-0.39, 0.29) is 24.9 Å². The summed E-state index contributed by atoms with van der Waals surface area (Å²) >= 11 is 0. The molecule has 0 spiro atoms. The van der Waals surface area contributed by atoms with Crippen molar-refractivity contribution in [3.63, 3.8) is 0 Å². The highest BCUT2D eigenvalue weighted by Crippen LogP contribution is 2.18. The molecule has 0 saturated heterocycles. The number of aliphatic hydroxyl groups is 1. The standard InChI is InChI=1S/C28H47NO6/c1-2-3-4-5-6-7-8-9-10-11-12-13-14-15-16-17-28(31)35-24-26(30)22-23-34-27-20-18-25(19-21-27)29(32)33/h18-21,26,30H,2-17,22-24H2,1H3. The third kappa shape index (κ3) is 17.9. The number of carbonyl (C=O) groups excluding carboxylic acids is 1. The number of rotatable bonds is 23. The fourth-order valence-corrected chi connectivity index (χ4v) is 3.96. The van der Waals surface area contributed by atoms with Crippen molar-refractivity contribution in [2.24, 2.45) is 0 Å². The molecule has 1 unspecified atom stereocenters. The van der Waals surface area contributed by atoms with Gasteiger partial charge in [0.15, 0.2) is 0 Å². The van der Waals surface area contributed by atoms with Gasteiger partial charge in [0.2, 0.25) is 0 Å². The fourth-order valence-electron chi connectivity index (χ4n) is 3.96. The van der Waals surface area contributed by atoms with Gasteiger partial charge < -0.3 is 14.6 Å². The number of ether oxygens (including phenoxy) is 2. The predicted molar refractivity (Wildman–Crippen MR) is 140 cm³/mol. The molecule has 0 bridgehead atoms. The van der Waals surface area contributed by atoms with Crippen molar-refractivity contribution in [2.45, 2.75) is 122 Å². The molecule has 0 heterocycles. The number of nitro benzene ring substituents is 1. The lowest BCUT2D eigenvalue weighted by Gasteiger charge is -2.12. The Hall–Kier alpha value is -2.15. The highest BCUT2D eigenvalue weighted by molar-refractivity contribution is 5.69. The number of benzene rings is 1. The first-order chi connectivity index (χ1) is 17.0. The second kappa shape index (κ2) is 21.2. The maximum absolute atomic E-state index is 11.8. The van der Waals surface area contributed by atoms with Gasteiger partial charge in [-0.25, -0.2) is 0 Å². The first-order valence-corrected chi connectivity index (χ1v) is 13.7. The van der Waals surface area contributed by atoms with Crippen LogP contribution in [0.25, 0.3) is 0 Å². The van der Waals surface area contributed by atoms with Gasteiger partial charge in [0.1, 0.15) is 12.4 Å². The van der Waals surface area contributed by atoms with E-state index in [0.29, 0.717) is 18.6 Å². The molecule has 0 amide bonds. The van der Waals surface area contributed by atoms with Gasteiger partial charge in [-0.1, -0.05) is 96.8 Å². The molecule has 200 valence electrons. The average Bonchev–Trinajstić information content (AvgIpc) is 2.85. The lowest BCUT2D eigenvalue weighted by Crippen LogP contribution is -2.21. The number of carbonyl (C=O) groups is 1. The Morgan fingerprint density at radius 2 is 1.34 bits per heavy atom. The van der Waals surface area contributed by atoms with Crippen molar-refractivity contribution < 1.29 is 24.3 Å². The Balaban J connectivity index is 1.87. The highest BCUT2D eigenvalue weighted by atomic mass is 16.6. The number of unbranched alkanes of at least 4 members (excludes halogenated alkanes) is 14. The summed E-state index contributed by atoms with van der Waals surface area (Å²) in [5.74, 6) is 0.225. The minimum atomic E-state index is -0.793. The SMILES string of the molecule is CCCCCCCCCCCCCCCCCC(=O)OCC(O)CCOc1ccc([N+](=O)[O-])cc1. The summed E-state index contributed by atoms with van der Waals surface area (Å²) in [6.45, 7) is 2.45. The molecular formula is C28H47NO6. The topological polar surface area (TPSA) is 98.9 Å². The van der Waals surface area contributed by atoms with E-state index in [9.17, 15) is 20.0 Å². The molecule has 0 radical (unpaired) electrons. The highest BCUT2D eigenvalue weighted by Gasteiger charge is 2.10. The Morgan fingerprint density at radius 1 is 0.857 bits per heavy atom. The quantitative estimate of drug-likeness (QED) is 0.0732. The molecule has 0 fully saturated rings. The third-order valence-electron chi connectivity index (χ3n) is 6.19. The molecule has 1 aromatic carbocycles. The van der Waals surface area contributed by atoms with E-state index in [4.69, 9.17) is 9.47 Å². The number of non-ortho nitro benzene ring substituents is 1. The summed E-state index contributed by atoms with van der Waals surface area (Å²) in [5.41, 5.74) is -0.00150. The Kier molecular flexibility index (Phi) is 18.7. The number of esters is 1. The van der Waals surface area contributed by atoms with Crippen molar-refractivity contribution in [2.75, 3.05) is 13.2 Å².